The van der Waals surface area contributed by atoms with Crippen molar-refractivity contribution in [3.05, 3.63) is 47.3 Å². The van der Waals surface area contributed by atoms with E-state index in [-0.39, 0.29) is 0 Å². The van der Waals surface area contributed by atoms with Crippen LogP contribution in [0.5, 0.6) is 0 Å². The first kappa shape index (κ1) is 17.1. The van der Waals surface area contributed by atoms with E-state index >= 15 is 0 Å². The summed E-state index contributed by atoms with van der Waals surface area (Å²) in [6, 6.07) is 2.25. The van der Waals surface area contributed by atoms with Crippen molar-refractivity contribution < 1.29 is 13.2 Å². The van der Waals surface area contributed by atoms with Crippen LogP contribution in [0.3, 0.4) is 0 Å². The standard InChI is InChI=1S/C19H25F3/c1-2-3-4-5-14-6-8-15(9-7-14)10-11-16-12-17(20)19(22)18(21)13-16/h3-4,12-15H,2,5-11H2,1H3/b4-3+/t14-,15-. The van der Waals surface area contributed by atoms with Crippen molar-refractivity contribution in [3.8, 4) is 0 Å². The minimum atomic E-state index is -1.37. The molecule has 0 unspecified atom stereocenters. The summed E-state index contributed by atoms with van der Waals surface area (Å²) in [7, 11) is 0. The molecule has 1 aliphatic rings. The molecule has 0 heterocycles. The lowest BCUT2D eigenvalue weighted by atomic mass is 9.78. The number of aryl methyl sites for hydroxylation is 1. The molecule has 1 fully saturated rings. The molecule has 0 atom stereocenters. The van der Waals surface area contributed by atoms with Crippen molar-refractivity contribution in [2.75, 3.05) is 0 Å². The third kappa shape index (κ3) is 4.89. The van der Waals surface area contributed by atoms with E-state index in [0.29, 0.717) is 17.9 Å². The zero-order valence-corrected chi connectivity index (χ0v) is 13.3. The van der Waals surface area contributed by atoms with E-state index in [9.17, 15) is 13.2 Å². The Bertz CT molecular complexity index is 476. The van der Waals surface area contributed by atoms with Crippen molar-refractivity contribution in [1.82, 2.24) is 0 Å². The highest BCUT2D eigenvalue weighted by atomic mass is 19.2. The quantitative estimate of drug-likeness (QED) is 0.433. The van der Waals surface area contributed by atoms with Gasteiger partial charge in [0, 0.05) is 0 Å². The van der Waals surface area contributed by atoms with E-state index < -0.39 is 17.5 Å². The summed E-state index contributed by atoms with van der Waals surface area (Å²) >= 11 is 0. The van der Waals surface area contributed by atoms with Crippen LogP contribution in [0.25, 0.3) is 0 Å². The molecule has 0 saturated heterocycles. The fraction of sp³-hybridized carbons (Fsp3) is 0.579. The molecule has 0 N–H and O–H groups in total. The summed E-state index contributed by atoms with van der Waals surface area (Å²) in [6.45, 7) is 2.15. The highest BCUT2D eigenvalue weighted by Crippen LogP contribution is 2.33. The minimum Gasteiger partial charge on any atom is -0.204 e. The number of hydrogen-bond donors (Lipinski definition) is 0. The maximum Gasteiger partial charge on any atom is 0.194 e. The summed E-state index contributed by atoms with van der Waals surface area (Å²) in [5, 5.41) is 0. The molecule has 0 nitrogen and oxygen atoms in total. The summed E-state index contributed by atoms with van der Waals surface area (Å²) < 4.78 is 39.3. The third-order valence-electron chi connectivity index (χ3n) is 4.72. The molecule has 0 spiro atoms. The molecule has 1 saturated carbocycles. The van der Waals surface area contributed by atoms with Crippen LogP contribution in [0.15, 0.2) is 24.3 Å². The van der Waals surface area contributed by atoms with Crippen LogP contribution in [0.4, 0.5) is 13.2 Å². The Labute approximate surface area is 131 Å². The molecule has 0 aromatic heterocycles. The molecular weight excluding hydrogens is 285 g/mol. The Kier molecular flexibility index (Phi) is 6.53. The van der Waals surface area contributed by atoms with Gasteiger partial charge in [-0.1, -0.05) is 31.9 Å². The van der Waals surface area contributed by atoms with Crippen molar-refractivity contribution in [2.45, 2.75) is 58.3 Å². The Morgan fingerprint density at radius 1 is 0.955 bits per heavy atom. The number of hydrogen-bond acceptors (Lipinski definition) is 0. The Hall–Kier alpha value is -1.25. The molecule has 0 amide bonds. The molecule has 122 valence electrons. The van der Waals surface area contributed by atoms with Crippen LogP contribution in [0.2, 0.25) is 0 Å². The predicted molar refractivity (Wildman–Crippen MR) is 84.1 cm³/mol. The molecule has 0 radical (unpaired) electrons. The fourth-order valence-electron chi connectivity index (χ4n) is 3.33. The zero-order chi connectivity index (χ0) is 15.9. The second-order valence-corrected chi connectivity index (χ2v) is 6.41. The third-order valence-corrected chi connectivity index (χ3v) is 4.72. The number of allylic oxidation sites excluding steroid dienone is 2. The van der Waals surface area contributed by atoms with Crippen molar-refractivity contribution in [1.29, 1.82) is 0 Å². The highest BCUT2D eigenvalue weighted by Gasteiger charge is 2.20. The van der Waals surface area contributed by atoms with Gasteiger partial charge in [0.1, 0.15) is 0 Å². The van der Waals surface area contributed by atoms with Gasteiger partial charge in [0.2, 0.25) is 0 Å². The van der Waals surface area contributed by atoms with Crippen LogP contribution in [0.1, 0.15) is 57.4 Å². The number of halogens is 3. The van der Waals surface area contributed by atoms with E-state index in [0.717, 1.165) is 30.9 Å². The fourth-order valence-corrected chi connectivity index (χ4v) is 3.33. The SMILES string of the molecule is CC/C=C/C[C@H]1CC[C@H](CCc2cc(F)c(F)c(F)c2)CC1. The van der Waals surface area contributed by atoms with E-state index in [2.05, 4.69) is 19.1 Å². The molecule has 1 aromatic rings. The topological polar surface area (TPSA) is 0 Å². The first-order valence-electron chi connectivity index (χ1n) is 8.38. The maximum absolute atomic E-state index is 13.2. The van der Waals surface area contributed by atoms with Gasteiger partial charge in [0.25, 0.3) is 0 Å². The van der Waals surface area contributed by atoms with Gasteiger partial charge in [0.15, 0.2) is 17.5 Å². The number of benzene rings is 1. The lowest BCUT2D eigenvalue weighted by molar-refractivity contribution is 0.265. The average Bonchev–Trinajstić information content (AvgIpc) is 2.52. The maximum atomic E-state index is 13.2. The van der Waals surface area contributed by atoms with E-state index in [4.69, 9.17) is 0 Å². The second-order valence-electron chi connectivity index (χ2n) is 6.41. The summed E-state index contributed by atoms with van der Waals surface area (Å²) in [5.41, 5.74) is 0.560. The lowest BCUT2D eigenvalue weighted by Gasteiger charge is -2.28. The van der Waals surface area contributed by atoms with Gasteiger partial charge in [-0.3, -0.25) is 0 Å². The van der Waals surface area contributed by atoms with Crippen LogP contribution in [-0.2, 0) is 6.42 Å². The van der Waals surface area contributed by atoms with Gasteiger partial charge >= 0.3 is 0 Å². The van der Waals surface area contributed by atoms with E-state index in [1.165, 1.54) is 32.1 Å². The number of rotatable bonds is 6. The molecule has 0 aliphatic heterocycles. The normalized spacial score (nSPS) is 22.4. The Morgan fingerprint density at radius 3 is 2.14 bits per heavy atom. The van der Waals surface area contributed by atoms with Crippen LogP contribution in [0, 0.1) is 29.3 Å². The van der Waals surface area contributed by atoms with Gasteiger partial charge in [-0.05, 0) is 68.1 Å². The molecule has 3 heteroatoms. The predicted octanol–water partition coefficient (Wildman–Crippen LogP) is 6.20. The van der Waals surface area contributed by atoms with Gasteiger partial charge in [-0.15, -0.1) is 0 Å². The van der Waals surface area contributed by atoms with Crippen LogP contribution in [-0.4, -0.2) is 0 Å². The average molecular weight is 310 g/mol. The Balaban J connectivity index is 1.76. The van der Waals surface area contributed by atoms with Gasteiger partial charge in [-0.25, -0.2) is 13.2 Å². The van der Waals surface area contributed by atoms with E-state index in [1.54, 1.807) is 0 Å². The largest absolute Gasteiger partial charge is 0.204 e. The smallest absolute Gasteiger partial charge is 0.194 e. The lowest BCUT2D eigenvalue weighted by Crippen LogP contribution is -2.14. The molecule has 0 bridgehead atoms. The van der Waals surface area contributed by atoms with Crippen LogP contribution < -0.4 is 0 Å². The van der Waals surface area contributed by atoms with Crippen molar-refractivity contribution in [2.24, 2.45) is 11.8 Å². The van der Waals surface area contributed by atoms with E-state index in [1.807, 2.05) is 0 Å². The minimum absolute atomic E-state index is 0.560. The van der Waals surface area contributed by atoms with Crippen molar-refractivity contribution >= 4 is 0 Å². The second kappa shape index (κ2) is 8.40. The molecule has 2 rings (SSSR count). The summed E-state index contributed by atoms with van der Waals surface area (Å²) in [4.78, 5) is 0. The van der Waals surface area contributed by atoms with Gasteiger partial charge in [-0.2, -0.15) is 0 Å². The molecule has 1 aliphatic carbocycles. The zero-order valence-electron chi connectivity index (χ0n) is 13.3. The first-order chi connectivity index (χ1) is 10.6. The summed E-state index contributed by atoms with van der Waals surface area (Å²) in [6.07, 6.45) is 13.2. The van der Waals surface area contributed by atoms with Crippen LogP contribution >= 0.6 is 0 Å². The Morgan fingerprint density at radius 2 is 1.55 bits per heavy atom. The first-order valence-corrected chi connectivity index (χ1v) is 8.38. The summed E-state index contributed by atoms with van der Waals surface area (Å²) in [5.74, 6) is -2.12. The monoisotopic (exact) mass is 310 g/mol. The highest BCUT2D eigenvalue weighted by molar-refractivity contribution is 5.19. The molecular formula is C19H25F3. The molecule has 1 aromatic carbocycles. The van der Waals surface area contributed by atoms with Crippen molar-refractivity contribution in [3.63, 3.8) is 0 Å². The van der Waals surface area contributed by atoms with Gasteiger partial charge < -0.3 is 0 Å². The van der Waals surface area contributed by atoms with Gasteiger partial charge in [0.05, 0.1) is 0 Å². The molecule has 22 heavy (non-hydrogen) atoms.